The van der Waals surface area contributed by atoms with Crippen LogP contribution in [0.2, 0.25) is 0 Å². The van der Waals surface area contributed by atoms with Gasteiger partial charge in [0.15, 0.2) is 0 Å². The summed E-state index contributed by atoms with van der Waals surface area (Å²) >= 11 is 0. The lowest BCUT2D eigenvalue weighted by molar-refractivity contribution is 0.0466. The summed E-state index contributed by atoms with van der Waals surface area (Å²) in [5, 5.41) is 3.42. The van der Waals surface area contributed by atoms with E-state index in [1.165, 1.54) is 11.1 Å². The van der Waals surface area contributed by atoms with Crippen molar-refractivity contribution >= 4 is 11.7 Å². The molecule has 5 heteroatoms. The zero-order valence-corrected chi connectivity index (χ0v) is 19.2. The first-order valence-electron chi connectivity index (χ1n) is 11.2. The number of rotatable bonds is 10. The number of ether oxygens (including phenoxy) is 1. The summed E-state index contributed by atoms with van der Waals surface area (Å²) in [6, 6.07) is 27.7. The van der Waals surface area contributed by atoms with Crippen LogP contribution >= 0.6 is 0 Å². The summed E-state index contributed by atoms with van der Waals surface area (Å²) in [6.45, 7) is 9.16. The summed E-state index contributed by atoms with van der Waals surface area (Å²) in [4.78, 5) is 13.8. The SMILES string of the molecule is CCN(CC)CCOC(=O)c1ccc(N)cc1.c1ccc(CNCc2ccccc2)cc1. The highest BCUT2D eigenvalue weighted by atomic mass is 16.5. The third-order valence-electron chi connectivity index (χ3n) is 5.03. The number of nitrogen functional groups attached to an aromatic ring is 1. The van der Waals surface area contributed by atoms with Crippen LogP contribution in [-0.2, 0) is 17.8 Å². The first kappa shape index (κ1) is 25.1. The molecule has 0 amide bonds. The first-order valence-corrected chi connectivity index (χ1v) is 11.2. The molecule has 3 aromatic rings. The van der Waals surface area contributed by atoms with Crippen LogP contribution in [-0.4, -0.2) is 37.1 Å². The Morgan fingerprint density at radius 3 is 1.78 bits per heavy atom. The number of benzene rings is 3. The number of hydrogen-bond acceptors (Lipinski definition) is 5. The minimum atomic E-state index is -0.294. The van der Waals surface area contributed by atoms with Gasteiger partial charge in [0, 0.05) is 25.3 Å². The smallest absolute Gasteiger partial charge is 0.338 e. The summed E-state index contributed by atoms with van der Waals surface area (Å²) in [5.74, 6) is -0.294. The maximum atomic E-state index is 11.6. The third-order valence-corrected chi connectivity index (χ3v) is 5.03. The highest BCUT2D eigenvalue weighted by molar-refractivity contribution is 5.89. The zero-order chi connectivity index (χ0) is 23.0. The number of anilines is 1. The Kier molecular flexibility index (Phi) is 11.6. The van der Waals surface area contributed by atoms with Crippen molar-refractivity contribution in [2.45, 2.75) is 26.9 Å². The molecule has 170 valence electrons. The second-order valence-corrected chi connectivity index (χ2v) is 7.36. The quantitative estimate of drug-likeness (QED) is 0.357. The van der Waals surface area contributed by atoms with Gasteiger partial charge in [0.25, 0.3) is 0 Å². The molecule has 0 aliphatic rings. The molecule has 3 aromatic carbocycles. The van der Waals surface area contributed by atoms with Gasteiger partial charge in [0.1, 0.15) is 6.61 Å². The van der Waals surface area contributed by atoms with Crippen molar-refractivity contribution in [3.63, 3.8) is 0 Å². The fraction of sp³-hybridized carbons (Fsp3) is 0.296. The number of carbonyl (C=O) groups is 1. The molecule has 3 rings (SSSR count). The maximum Gasteiger partial charge on any atom is 0.338 e. The zero-order valence-electron chi connectivity index (χ0n) is 19.2. The van der Waals surface area contributed by atoms with Gasteiger partial charge < -0.3 is 20.7 Å². The molecular formula is C27H35N3O2. The molecule has 5 nitrogen and oxygen atoms in total. The molecule has 0 unspecified atom stereocenters. The van der Waals surface area contributed by atoms with Crippen LogP contribution in [0.4, 0.5) is 5.69 Å². The van der Waals surface area contributed by atoms with E-state index in [1.54, 1.807) is 24.3 Å². The number of likely N-dealkylation sites (N-methyl/N-ethyl adjacent to an activating group) is 1. The van der Waals surface area contributed by atoms with Crippen LogP contribution < -0.4 is 11.1 Å². The van der Waals surface area contributed by atoms with E-state index in [2.05, 4.69) is 72.6 Å². The van der Waals surface area contributed by atoms with Gasteiger partial charge in [0.05, 0.1) is 5.56 Å². The van der Waals surface area contributed by atoms with Gasteiger partial charge in [-0.1, -0.05) is 74.5 Å². The molecule has 0 fully saturated rings. The molecular weight excluding hydrogens is 398 g/mol. The topological polar surface area (TPSA) is 67.6 Å². The number of esters is 1. The predicted molar refractivity (Wildman–Crippen MR) is 132 cm³/mol. The number of nitrogens with two attached hydrogens (primary N) is 1. The number of carbonyl (C=O) groups excluding carboxylic acids is 1. The lowest BCUT2D eigenvalue weighted by atomic mass is 10.2. The van der Waals surface area contributed by atoms with Crippen molar-refractivity contribution in [1.82, 2.24) is 10.2 Å². The molecule has 0 radical (unpaired) electrons. The third kappa shape index (κ3) is 9.77. The van der Waals surface area contributed by atoms with Gasteiger partial charge in [0.2, 0.25) is 0 Å². The summed E-state index contributed by atoms with van der Waals surface area (Å²) < 4.78 is 5.18. The lowest BCUT2D eigenvalue weighted by Crippen LogP contribution is -2.27. The minimum Gasteiger partial charge on any atom is -0.461 e. The summed E-state index contributed by atoms with van der Waals surface area (Å²) in [7, 11) is 0. The van der Waals surface area contributed by atoms with E-state index in [4.69, 9.17) is 10.5 Å². The van der Waals surface area contributed by atoms with Crippen molar-refractivity contribution < 1.29 is 9.53 Å². The highest BCUT2D eigenvalue weighted by Crippen LogP contribution is 2.07. The van der Waals surface area contributed by atoms with Crippen molar-refractivity contribution in [2.75, 3.05) is 32.0 Å². The number of hydrogen-bond donors (Lipinski definition) is 2. The lowest BCUT2D eigenvalue weighted by Gasteiger charge is -2.17. The van der Waals surface area contributed by atoms with Crippen LogP contribution in [0.3, 0.4) is 0 Å². The van der Waals surface area contributed by atoms with E-state index >= 15 is 0 Å². The van der Waals surface area contributed by atoms with Crippen LogP contribution in [0.25, 0.3) is 0 Å². The molecule has 0 aromatic heterocycles. The van der Waals surface area contributed by atoms with E-state index in [0.717, 1.165) is 32.7 Å². The van der Waals surface area contributed by atoms with Gasteiger partial charge >= 0.3 is 5.97 Å². The molecule has 0 aliphatic heterocycles. The normalized spacial score (nSPS) is 10.3. The van der Waals surface area contributed by atoms with Crippen molar-refractivity contribution in [1.29, 1.82) is 0 Å². The van der Waals surface area contributed by atoms with Crippen LogP contribution in [0.15, 0.2) is 84.9 Å². The Hall–Kier alpha value is -3.15. The van der Waals surface area contributed by atoms with Crippen LogP contribution in [0.5, 0.6) is 0 Å². The Bertz CT molecular complexity index is 840. The largest absolute Gasteiger partial charge is 0.461 e. The van der Waals surface area contributed by atoms with E-state index in [9.17, 15) is 4.79 Å². The number of nitrogens with one attached hydrogen (secondary N) is 1. The fourth-order valence-electron chi connectivity index (χ4n) is 3.05. The molecule has 0 spiro atoms. The molecule has 0 heterocycles. The Labute approximate surface area is 192 Å². The van der Waals surface area contributed by atoms with E-state index in [0.29, 0.717) is 17.9 Å². The number of nitrogens with zero attached hydrogens (tertiary/aromatic N) is 1. The van der Waals surface area contributed by atoms with E-state index in [1.807, 2.05) is 12.1 Å². The van der Waals surface area contributed by atoms with Crippen molar-refractivity contribution in [3.8, 4) is 0 Å². The molecule has 0 saturated carbocycles. The predicted octanol–water partition coefficient (Wildman–Crippen LogP) is 4.74. The van der Waals surface area contributed by atoms with Gasteiger partial charge in [-0.2, -0.15) is 0 Å². The van der Waals surface area contributed by atoms with Crippen LogP contribution in [0, 0.1) is 0 Å². The Balaban J connectivity index is 0.000000228. The van der Waals surface area contributed by atoms with Gasteiger partial charge in [-0.15, -0.1) is 0 Å². The second-order valence-electron chi connectivity index (χ2n) is 7.36. The summed E-state index contributed by atoms with van der Waals surface area (Å²) in [5.41, 5.74) is 9.38. The van der Waals surface area contributed by atoms with Gasteiger partial charge in [-0.05, 0) is 48.5 Å². The van der Waals surface area contributed by atoms with E-state index < -0.39 is 0 Å². The van der Waals surface area contributed by atoms with Gasteiger partial charge in [-0.25, -0.2) is 4.79 Å². The average Bonchev–Trinajstić information content (AvgIpc) is 2.84. The Morgan fingerprint density at radius 1 is 0.812 bits per heavy atom. The van der Waals surface area contributed by atoms with Crippen molar-refractivity contribution in [3.05, 3.63) is 102 Å². The van der Waals surface area contributed by atoms with Crippen molar-refractivity contribution in [2.24, 2.45) is 0 Å². The molecule has 0 bridgehead atoms. The molecule has 0 saturated heterocycles. The molecule has 0 aliphatic carbocycles. The van der Waals surface area contributed by atoms with E-state index in [-0.39, 0.29) is 5.97 Å². The monoisotopic (exact) mass is 433 g/mol. The van der Waals surface area contributed by atoms with Crippen LogP contribution in [0.1, 0.15) is 35.3 Å². The molecule has 32 heavy (non-hydrogen) atoms. The van der Waals surface area contributed by atoms with Gasteiger partial charge in [-0.3, -0.25) is 0 Å². The minimum absolute atomic E-state index is 0.294. The molecule has 3 N–H and O–H groups in total. The second kappa shape index (κ2) is 14.8. The maximum absolute atomic E-state index is 11.6. The molecule has 0 atom stereocenters. The summed E-state index contributed by atoms with van der Waals surface area (Å²) in [6.07, 6.45) is 0. The Morgan fingerprint density at radius 2 is 1.31 bits per heavy atom. The average molecular weight is 434 g/mol. The fourth-order valence-corrected chi connectivity index (χ4v) is 3.05. The standard InChI is InChI=1S/C14H15N.C13H20N2O2/c1-3-7-13(8-4-1)11-15-12-14-9-5-2-6-10-14;1-3-15(4-2)9-10-17-13(16)11-5-7-12(14)8-6-11/h1-10,15H,11-12H2;5-8H,3-4,9-10,14H2,1-2H3. The highest BCUT2D eigenvalue weighted by Gasteiger charge is 2.07. The first-order chi connectivity index (χ1) is 15.6.